The molecular weight excluding hydrogens is 454 g/mol. The fourth-order valence-corrected chi connectivity index (χ4v) is 5.27. The van der Waals surface area contributed by atoms with Crippen LogP contribution < -0.4 is 5.32 Å². The Balaban J connectivity index is 1.24. The minimum atomic E-state index is -0.196. The molecule has 3 aromatic rings. The van der Waals surface area contributed by atoms with Gasteiger partial charge in [-0.1, -0.05) is 12.1 Å². The SMILES string of the molecule is CC(c1cc(C(=O)Nc2cccc(C3(Cc4nncn4C)COC3)c2)nc(C2CC2)n1)N1CCCC1. The van der Waals surface area contributed by atoms with Crippen molar-refractivity contribution in [1.82, 2.24) is 29.6 Å². The Morgan fingerprint density at radius 1 is 1.19 bits per heavy atom. The van der Waals surface area contributed by atoms with E-state index < -0.39 is 0 Å². The number of aromatic nitrogens is 5. The lowest BCUT2D eigenvalue weighted by atomic mass is 9.75. The van der Waals surface area contributed by atoms with E-state index in [4.69, 9.17) is 9.72 Å². The Kier molecular flexibility index (Phi) is 6.05. The van der Waals surface area contributed by atoms with Crippen molar-refractivity contribution in [2.24, 2.45) is 7.05 Å². The lowest BCUT2D eigenvalue weighted by molar-refractivity contribution is -0.0610. The molecule has 1 N–H and O–H groups in total. The van der Waals surface area contributed by atoms with Gasteiger partial charge in [0.2, 0.25) is 0 Å². The van der Waals surface area contributed by atoms with Gasteiger partial charge in [-0.05, 0) is 69.5 Å². The minimum Gasteiger partial charge on any atom is -0.379 e. The fraction of sp³-hybridized carbons (Fsp3) is 0.519. The molecule has 9 heteroatoms. The highest BCUT2D eigenvalue weighted by Gasteiger charge is 2.42. The van der Waals surface area contributed by atoms with Gasteiger partial charge < -0.3 is 14.6 Å². The van der Waals surface area contributed by atoms with Crippen molar-refractivity contribution in [2.75, 3.05) is 31.6 Å². The van der Waals surface area contributed by atoms with Crippen molar-refractivity contribution in [2.45, 2.75) is 56.4 Å². The molecule has 9 nitrogen and oxygen atoms in total. The second-order valence-electron chi connectivity index (χ2n) is 10.6. The second kappa shape index (κ2) is 9.37. The Morgan fingerprint density at radius 3 is 2.67 bits per heavy atom. The molecule has 36 heavy (non-hydrogen) atoms. The summed E-state index contributed by atoms with van der Waals surface area (Å²) in [4.78, 5) is 25.4. The zero-order chi connectivity index (χ0) is 24.7. The summed E-state index contributed by atoms with van der Waals surface area (Å²) >= 11 is 0. The van der Waals surface area contributed by atoms with Crippen molar-refractivity contribution < 1.29 is 9.53 Å². The van der Waals surface area contributed by atoms with Crippen LogP contribution in [0.2, 0.25) is 0 Å². The Hall–Kier alpha value is -3.17. The third kappa shape index (κ3) is 4.53. The molecule has 2 saturated heterocycles. The van der Waals surface area contributed by atoms with Crippen LogP contribution in [-0.2, 0) is 23.6 Å². The summed E-state index contributed by atoms with van der Waals surface area (Å²) in [6, 6.07) is 10.1. The van der Waals surface area contributed by atoms with Crippen molar-refractivity contribution in [3.05, 3.63) is 65.3 Å². The Morgan fingerprint density at radius 2 is 2.00 bits per heavy atom. The van der Waals surface area contributed by atoms with Gasteiger partial charge in [-0.25, -0.2) is 9.97 Å². The number of rotatable bonds is 8. The lowest BCUT2D eigenvalue weighted by Gasteiger charge is -2.41. The van der Waals surface area contributed by atoms with Crippen molar-refractivity contribution in [3.8, 4) is 0 Å². The van der Waals surface area contributed by atoms with Crippen LogP contribution in [0.4, 0.5) is 5.69 Å². The first-order valence-corrected chi connectivity index (χ1v) is 13.0. The molecule has 1 aliphatic carbocycles. The molecule has 1 unspecified atom stereocenters. The molecule has 2 aromatic heterocycles. The molecule has 6 rings (SSSR count). The predicted molar refractivity (Wildman–Crippen MR) is 135 cm³/mol. The zero-order valence-corrected chi connectivity index (χ0v) is 21.0. The number of carbonyl (C=O) groups is 1. The van der Waals surface area contributed by atoms with Crippen LogP contribution in [0, 0.1) is 0 Å². The van der Waals surface area contributed by atoms with E-state index >= 15 is 0 Å². The first-order valence-electron chi connectivity index (χ1n) is 13.0. The molecule has 1 atom stereocenters. The normalized spacial score (nSPS) is 20.2. The van der Waals surface area contributed by atoms with E-state index in [1.165, 1.54) is 12.8 Å². The number of carbonyl (C=O) groups excluding carboxylic acids is 1. The highest BCUT2D eigenvalue weighted by molar-refractivity contribution is 6.03. The highest BCUT2D eigenvalue weighted by atomic mass is 16.5. The van der Waals surface area contributed by atoms with E-state index in [0.29, 0.717) is 24.8 Å². The van der Waals surface area contributed by atoms with Gasteiger partial charge in [-0.2, -0.15) is 0 Å². The molecule has 188 valence electrons. The fourth-order valence-electron chi connectivity index (χ4n) is 5.27. The van der Waals surface area contributed by atoms with Crippen molar-refractivity contribution >= 4 is 11.6 Å². The zero-order valence-electron chi connectivity index (χ0n) is 21.0. The average Bonchev–Trinajstić information content (AvgIpc) is 3.42. The van der Waals surface area contributed by atoms with Crippen LogP contribution >= 0.6 is 0 Å². The maximum Gasteiger partial charge on any atom is 0.274 e. The van der Waals surface area contributed by atoms with Gasteiger partial charge in [0.15, 0.2) is 0 Å². The number of aryl methyl sites for hydroxylation is 1. The van der Waals surface area contributed by atoms with E-state index in [1.807, 2.05) is 35.9 Å². The van der Waals surface area contributed by atoms with Crippen LogP contribution in [0.5, 0.6) is 0 Å². The van der Waals surface area contributed by atoms with E-state index in [2.05, 4.69) is 38.4 Å². The first kappa shape index (κ1) is 23.2. The van der Waals surface area contributed by atoms with Gasteiger partial charge in [-0.15, -0.1) is 10.2 Å². The number of amides is 1. The Labute approximate surface area is 211 Å². The molecule has 2 aliphatic heterocycles. The molecule has 3 fully saturated rings. The summed E-state index contributed by atoms with van der Waals surface area (Å²) in [5.41, 5.74) is 3.09. The molecule has 1 saturated carbocycles. The lowest BCUT2D eigenvalue weighted by Crippen LogP contribution is -2.49. The smallest absolute Gasteiger partial charge is 0.274 e. The van der Waals surface area contributed by atoms with Crippen LogP contribution in [0.3, 0.4) is 0 Å². The monoisotopic (exact) mass is 487 g/mol. The molecular formula is C27H33N7O2. The number of hydrogen-bond acceptors (Lipinski definition) is 7. The Bertz CT molecular complexity index is 1260. The number of ether oxygens (including phenoxy) is 1. The maximum atomic E-state index is 13.4. The highest BCUT2D eigenvalue weighted by Crippen LogP contribution is 2.39. The molecule has 0 spiro atoms. The third-order valence-electron chi connectivity index (χ3n) is 7.85. The van der Waals surface area contributed by atoms with Gasteiger partial charge in [-0.3, -0.25) is 9.69 Å². The van der Waals surface area contributed by atoms with Crippen LogP contribution in [0.15, 0.2) is 36.7 Å². The van der Waals surface area contributed by atoms with Crippen LogP contribution in [-0.4, -0.2) is 61.8 Å². The topological polar surface area (TPSA) is 98.1 Å². The average molecular weight is 488 g/mol. The standard InChI is InChI=1S/C27H33N7O2/c1-18(34-10-3-4-11-34)22-13-23(31-25(30-22)19-8-9-19)26(35)29-21-7-5-6-20(12-21)27(15-36-16-27)14-24-32-28-17-33(24)2/h5-7,12-13,17-19H,3-4,8-11,14-16H2,1-2H3,(H,29,35). The second-order valence-corrected chi connectivity index (χ2v) is 10.6. The molecule has 0 bridgehead atoms. The molecule has 0 radical (unpaired) electrons. The summed E-state index contributed by atoms with van der Waals surface area (Å²) < 4.78 is 7.57. The summed E-state index contributed by atoms with van der Waals surface area (Å²) in [5.74, 6) is 1.91. The van der Waals surface area contributed by atoms with Crippen molar-refractivity contribution in [3.63, 3.8) is 0 Å². The summed E-state index contributed by atoms with van der Waals surface area (Å²) in [6.45, 7) is 5.58. The predicted octanol–water partition coefficient (Wildman–Crippen LogP) is 3.40. The van der Waals surface area contributed by atoms with Gasteiger partial charge >= 0.3 is 0 Å². The van der Waals surface area contributed by atoms with Gasteiger partial charge in [0.25, 0.3) is 5.91 Å². The van der Waals surface area contributed by atoms with E-state index in [0.717, 1.165) is 60.9 Å². The van der Waals surface area contributed by atoms with Gasteiger partial charge in [0, 0.05) is 36.5 Å². The number of hydrogen-bond donors (Lipinski definition) is 1. The summed E-state index contributed by atoms with van der Waals surface area (Å²) in [6.07, 6.45) is 7.08. The first-order chi connectivity index (χ1) is 17.5. The van der Waals surface area contributed by atoms with E-state index in [1.54, 1.807) is 6.33 Å². The van der Waals surface area contributed by atoms with E-state index in [-0.39, 0.29) is 17.4 Å². The number of benzene rings is 1. The minimum absolute atomic E-state index is 0.173. The number of likely N-dealkylation sites (tertiary alicyclic amines) is 1. The summed E-state index contributed by atoms with van der Waals surface area (Å²) in [5, 5.41) is 11.4. The quantitative estimate of drug-likeness (QED) is 0.520. The molecule has 4 heterocycles. The number of nitrogens with one attached hydrogen (secondary N) is 1. The molecule has 1 amide bonds. The number of nitrogens with zero attached hydrogens (tertiary/aromatic N) is 6. The van der Waals surface area contributed by atoms with Gasteiger partial charge in [0.05, 0.1) is 18.9 Å². The van der Waals surface area contributed by atoms with Gasteiger partial charge in [0.1, 0.15) is 23.7 Å². The van der Waals surface area contributed by atoms with Crippen LogP contribution in [0.1, 0.15) is 78.0 Å². The largest absolute Gasteiger partial charge is 0.379 e. The molecule has 1 aromatic carbocycles. The maximum absolute atomic E-state index is 13.4. The van der Waals surface area contributed by atoms with Crippen LogP contribution in [0.25, 0.3) is 0 Å². The molecule has 3 aliphatic rings. The number of anilines is 1. The summed E-state index contributed by atoms with van der Waals surface area (Å²) in [7, 11) is 1.95. The van der Waals surface area contributed by atoms with Crippen molar-refractivity contribution in [1.29, 1.82) is 0 Å². The third-order valence-corrected chi connectivity index (χ3v) is 7.85. The van der Waals surface area contributed by atoms with E-state index in [9.17, 15) is 4.79 Å².